The van der Waals surface area contributed by atoms with E-state index in [-0.39, 0.29) is 0 Å². The van der Waals surface area contributed by atoms with Crippen molar-refractivity contribution in [2.24, 2.45) is 0 Å². The van der Waals surface area contributed by atoms with Gasteiger partial charge in [0.2, 0.25) is 0 Å². The summed E-state index contributed by atoms with van der Waals surface area (Å²) in [6.45, 7) is 1.27. The summed E-state index contributed by atoms with van der Waals surface area (Å²) in [5.74, 6) is 1.38. The van der Waals surface area contributed by atoms with Gasteiger partial charge in [-0.25, -0.2) is 9.97 Å². The van der Waals surface area contributed by atoms with Crippen molar-refractivity contribution >= 4 is 17.2 Å². The van der Waals surface area contributed by atoms with Gasteiger partial charge in [0.15, 0.2) is 0 Å². The van der Waals surface area contributed by atoms with E-state index in [9.17, 15) is 0 Å². The topological polar surface area (TPSA) is 61.0 Å². The van der Waals surface area contributed by atoms with Crippen LogP contribution in [0.1, 0.15) is 22.0 Å². The maximum atomic E-state index is 5.94. The molecule has 2 aromatic heterocycles. The number of hydrogen-bond acceptors (Lipinski definition) is 5. The van der Waals surface area contributed by atoms with E-state index in [1.807, 2.05) is 6.07 Å². The highest BCUT2D eigenvalue weighted by Crippen LogP contribution is 2.21. The molecule has 0 unspecified atom stereocenters. The van der Waals surface area contributed by atoms with Gasteiger partial charge in [-0.2, -0.15) is 0 Å². The third-order valence-electron chi connectivity index (χ3n) is 2.81. The minimum Gasteiger partial charge on any atom is -0.383 e. The van der Waals surface area contributed by atoms with Crippen LogP contribution in [0, 0.1) is 0 Å². The summed E-state index contributed by atoms with van der Waals surface area (Å²) in [7, 11) is 0. The average molecular weight is 247 g/mol. The molecule has 5 heteroatoms. The summed E-state index contributed by atoms with van der Waals surface area (Å²) < 4.78 is 5.36. The molecular formula is C12H13N3OS. The second kappa shape index (κ2) is 4.43. The number of hydrogen-bond donors (Lipinski definition) is 1. The molecule has 2 N–H and O–H groups in total. The molecule has 3 rings (SSSR count). The molecule has 3 heterocycles. The van der Waals surface area contributed by atoms with E-state index < -0.39 is 0 Å². The second-order valence-electron chi connectivity index (χ2n) is 4.01. The number of aromatic nitrogens is 2. The van der Waals surface area contributed by atoms with Crippen molar-refractivity contribution in [2.45, 2.75) is 19.4 Å². The fourth-order valence-electron chi connectivity index (χ4n) is 1.96. The lowest BCUT2D eigenvalue weighted by Crippen LogP contribution is -2.17. The molecule has 0 atom stereocenters. The Balaban J connectivity index is 1.93. The molecule has 17 heavy (non-hydrogen) atoms. The summed E-state index contributed by atoms with van der Waals surface area (Å²) >= 11 is 1.72. The zero-order valence-corrected chi connectivity index (χ0v) is 10.2. The van der Waals surface area contributed by atoms with Crippen molar-refractivity contribution in [1.82, 2.24) is 9.97 Å². The van der Waals surface area contributed by atoms with Crippen LogP contribution >= 0.6 is 11.3 Å². The molecule has 0 aromatic carbocycles. The first-order valence-corrected chi connectivity index (χ1v) is 6.45. The van der Waals surface area contributed by atoms with Crippen LogP contribution in [0.4, 0.5) is 5.82 Å². The Morgan fingerprint density at radius 2 is 2.35 bits per heavy atom. The highest BCUT2D eigenvalue weighted by molar-refractivity contribution is 7.09. The smallest absolute Gasteiger partial charge is 0.136 e. The van der Waals surface area contributed by atoms with E-state index in [2.05, 4.69) is 21.4 Å². The van der Waals surface area contributed by atoms with Crippen LogP contribution in [0.25, 0.3) is 0 Å². The van der Waals surface area contributed by atoms with E-state index in [0.717, 1.165) is 36.5 Å². The van der Waals surface area contributed by atoms with Crippen molar-refractivity contribution in [3.63, 3.8) is 0 Å². The molecule has 4 nitrogen and oxygen atoms in total. The minimum absolute atomic E-state index is 0.542. The summed E-state index contributed by atoms with van der Waals surface area (Å²) in [6.07, 6.45) is 1.59. The number of nitrogen functional groups attached to an aromatic ring is 1. The first-order valence-electron chi connectivity index (χ1n) is 5.57. The minimum atomic E-state index is 0.542. The number of thiophene rings is 1. The fraction of sp³-hybridized carbons (Fsp3) is 0.333. The first kappa shape index (κ1) is 10.7. The Kier molecular flexibility index (Phi) is 2.78. The number of anilines is 1. The molecule has 0 aliphatic carbocycles. The third kappa shape index (κ3) is 2.16. The number of fused-ring (bicyclic) bond motifs is 1. The maximum absolute atomic E-state index is 5.94. The van der Waals surface area contributed by atoms with Crippen LogP contribution in [-0.4, -0.2) is 16.6 Å². The lowest BCUT2D eigenvalue weighted by Gasteiger charge is -2.17. The van der Waals surface area contributed by atoms with Crippen molar-refractivity contribution in [3.8, 4) is 0 Å². The van der Waals surface area contributed by atoms with Gasteiger partial charge in [-0.05, 0) is 11.4 Å². The molecule has 0 radical (unpaired) electrons. The molecule has 0 saturated heterocycles. The zero-order chi connectivity index (χ0) is 11.7. The van der Waals surface area contributed by atoms with Gasteiger partial charge in [-0.1, -0.05) is 6.07 Å². The van der Waals surface area contributed by atoms with E-state index in [1.165, 1.54) is 4.88 Å². The predicted molar refractivity (Wildman–Crippen MR) is 66.9 cm³/mol. The van der Waals surface area contributed by atoms with Gasteiger partial charge in [-0.3, -0.25) is 0 Å². The lowest BCUT2D eigenvalue weighted by atomic mass is 10.1. The molecule has 1 aliphatic rings. The molecule has 0 fully saturated rings. The normalized spacial score (nSPS) is 14.6. The summed E-state index contributed by atoms with van der Waals surface area (Å²) in [5.41, 5.74) is 7.96. The summed E-state index contributed by atoms with van der Waals surface area (Å²) in [4.78, 5) is 10.2. The van der Waals surface area contributed by atoms with E-state index in [1.54, 1.807) is 11.3 Å². The average Bonchev–Trinajstić information content (AvgIpc) is 2.82. The Labute approximate surface area is 103 Å². The Hall–Kier alpha value is -1.46. The Bertz CT molecular complexity index is 525. The highest BCUT2D eigenvalue weighted by atomic mass is 32.1. The Morgan fingerprint density at radius 1 is 1.41 bits per heavy atom. The van der Waals surface area contributed by atoms with Crippen LogP contribution in [0.3, 0.4) is 0 Å². The van der Waals surface area contributed by atoms with Crippen molar-refractivity contribution in [1.29, 1.82) is 0 Å². The largest absolute Gasteiger partial charge is 0.383 e. The quantitative estimate of drug-likeness (QED) is 0.878. The number of ether oxygens (including phenoxy) is 1. The number of nitrogens with zero attached hydrogens (tertiary/aromatic N) is 2. The fourth-order valence-corrected chi connectivity index (χ4v) is 2.66. The van der Waals surface area contributed by atoms with Crippen LogP contribution in [-0.2, 0) is 24.2 Å². The Morgan fingerprint density at radius 3 is 3.18 bits per heavy atom. The molecular weight excluding hydrogens is 234 g/mol. The van der Waals surface area contributed by atoms with Gasteiger partial charge in [0, 0.05) is 23.3 Å². The molecule has 0 spiro atoms. The molecule has 1 aliphatic heterocycles. The van der Waals surface area contributed by atoms with Crippen molar-refractivity contribution < 1.29 is 4.74 Å². The standard InChI is InChI=1S/C12H13N3OS/c13-12-9-7-16-4-3-10(9)14-11(15-12)6-8-2-1-5-17-8/h1-2,5H,3-4,6-7H2,(H2,13,14,15). The van der Waals surface area contributed by atoms with Gasteiger partial charge in [-0.15, -0.1) is 11.3 Å². The van der Waals surface area contributed by atoms with Crippen LogP contribution in [0.15, 0.2) is 17.5 Å². The van der Waals surface area contributed by atoms with Gasteiger partial charge in [0.05, 0.1) is 18.9 Å². The van der Waals surface area contributed by atoms with Crippen molar-refractivity contribution in [3.05, 3.63) is 39.5 Å². The van der Waals surface area contributed by atoms with Gasteiger partial charge in [0.25, 0.3) is 0 Å². The molecule has 0 bridgehead atoms. The maximum Gasteiger partial charge on any atom is 0.136 e. The van der Waals surface area contributed by atoms with Gasteiger partial charge >= 0.3 is 0 Å². The second-order valence-corrected chi connectivity index (χ2v) is 5.04. The SMILES string of the molecule is Nc1nc(Cc2cccs2)nc2c1COCC2. The van der Waals surface area contributed by atoms with E-state index >= 15 is 0 Å². The zero-order valence-electron chi connectivity index (χ0n) is 9.35. The lowest BCUT2D eigenvalue weighted by molar-refractivity contribution is 0.109. The van der Waals surface area contributed by atoms with Gasteiger partial charge in [0.1, 0.15) is 11.6 Å². The summed E-state index contributed by atoms with van der Waals surface area (Å²) in [6, 6.07) is 4.13. The monoisotopic (exact) mass is 247 g/mol. The van der Waals surface area contributed by atoms with Crippen LogP contribution in [0.2, 0.25) is 0 Å². The molecule has 0 saturated carbocycles. The highest BCUT2D eigenvalue weighted by Gasteiger charge is 2.16. The van der Waals surface area contributed by atoms with E-state index in [4.69, 9.17) is 10.5 Å². The summed E-state index contributed by atoms with van der Waals surface area (Å²) in [5, 5.41) is 2.06. The predicted octanol–water partition coefficient (Wildman–Crippen LogP) is 1.78. The molecule has 0 amide bonds. The number of rotatable bonds is 2. The van der Waals surface area contributed by atoms with Crippen molar-refractivity contribution in [2.75, 3.05) is 12.3 Å². The number of nitrogens with two attached hydrogens (primary N) is 1. The van der Waals surface area contributed by atoms with Gasteiger partial charge < -0.3 is 10.5 Å². The third-order valence-corrected chi connectivity index (χ3v) is 3.69. The van der Waals surface area contributed by atoms with Crippen LogP contribution < -0.4 is 5.73 Å². The van der Waals surface area contributed by atoms with Crippen LogP contribution in [0.5, 0.6) is 0 Å². The molecule has 88 valence electrons. The first-order chi connectivity index (χ1) is 8.33. The van der Waals surface area contributed by atoms with E-state index in [0.29, 0.717) is 12.4 Å². The molecule has 2 aromatic rings.